The van der Waals surface area contributed by atoms with E-state index in [0.717, 1.165) is 25.7 Å². The summed E-state index contributed by atoms with van der Waals surface area (Å²) in [6.45, 7) is -0.299. The number of halogens is 1. The van der Waals surface area contributed by atoms with Gasteiger partial charge in [0.15, 0.2) is 6.61 Å². The number of hydrogen-bond acceptors (Lipinski definition) is 3. The van der Waals surface area contributed by atoms with Crippen molar-refractivity contribution in [2.45, 2.75) is 51.0 Å². The molecule has 0 spiro atoms. The molecular formula is C17H22FNO3. The van der Waals surface area contributed by atoms with Gasteiger partial charge in [0.05, 0.1) is 5.56 Å². The third-order valence-corrected chi connectivity index (χ3v) is 3.88. The second-order valence-corrected chi connectivity index (χ2v) is 5.69. The summed E-state index contributed by atoms with van der Waals surface area (Å²) in [5.74, 6) is -1.31. The molecule has 1 aromatic carbocycles. The minimum absolute atomic E-state index is 0.178. The van der Waals surface area contributed by atoms with Gasteiger partial charge in [-0.3, -0.25) is 4.79 Å². The van der Waals surface area contributed by atoms with E-state index in [4.69, 9.17) is 4.74 Å². The molecule has 120 valence electrons. The Morgan fingerprint density at radius 3 is 2.27 bits per heavy atom. The van der Waals surface area contributed by atoms with Gasteiger partial charge in [-0.2, -0.15) is 0 Å². The zero-order valence-corrected chi connectivity index (χ0v) is 12.6. The second-order valence-electron chi connectivity index (χ2n) is 5.69. The molecule has 0 heterocycles. The summed E-state index contributed by atoms with van der Waals surface area (Å²) in [6.07, 6.45) is 7.92. The number of nitrogens with one attached hydrogen (secondary N) is 1. The summed E-state index contributed by atoms with van der Waals surface area (Å²) < 4.78 is 17.7. The first-order valence-corrected chi connectivity index (χ1v) is 7.87. The largest absolute Gasteiger partial charge is 0.452 e. The summed E-state index contributed by atoms with van der Waals surface area (Å²) in [7, 11) is 0. The van der Waals surface area contributed by atoms with Crippen LogP contribution >= 0.6 is 0 Å². The summed E-state index contributed by atoms with van der Waals surface area (Å²) in [5, 5.41) is 2.93. The molecule has 0 atom stereocenters. The van der Waals surface area contributed by atoms with E-state index in [0.29, 0.717) is 0 Å². The lowest BCUT2D eigenvalue weighted by atomic mass is 9.97. The standard InChI is InChI=1S/C17H22FNO3/c18-14-10-8-13(9-11-14)17(21)22-12-16(20)19-15-6-4-2-1-3-5-7-15/h8-11,15H,1-7,12H2,(H,19,20). The Hall–Kier alpha value is -1.91. The van der Waals surface area contributed by atoms with E-state index < -0.39 is 11.8 Å². The molecule has 0 saturated heterocycles. The molecule has 2 rings (SSSR count). The average molecular weight is 307 g/mol. The lowest BCUT2D eigenvalue weighted by molar-refractivity contribution is -0.125. The summed E-state index contributed by atoms with van der Waals surface area (Å²) in [5.41, 5.74) is 0.236. The molecule has 0 bridgehead atoms. The van der Waals surface area contributed by atoms with Crippen LogP contribution in [-0.2, 0) is 9.53 Å². The summed E-state index contributed by atoms with van der Waals surface area (Å²) in [4.78, 5) is 23.6. The molecule has 5 heteroatoms. The van der Waals surface area contributed by atoms with E-state index in [1.165, 1.54) is 43.5 Å². The van der Waals surface area contributed by atoms with Crippen LogP contribution in [0.4, 0.5) is 4.39 Å². The van der Waals surface area contributed by atoms with Crippen molar-refractivity contribution in [1.82, 2.24) is 5.32 Å². The normalized spacial score (nSPS) is 16.4. The maximum atomic E-state index is 12.8. The lowest BCUT2D eigenvalue weighted by Gasteiger charge is -2.20. The summed E-state index contributed by atoms with van der Waals surface area (Å²) >= 11 is 0. The second kappa shape index (κ2) is 8.51. The Kier molecular flexibility index (Phi) is 6.37. The van der Waals surface area contributed by atoms with Crippen LogP contribution in [0.1, 0.15) is 55.3 Å². The van der Waals surface area contributed by atoms with Gasteiger partial charge in [-0.25, -0.2) is 9.18 Å². The Morgan fingerprint density at radius 2 is 1.64 bits per heavy atom. The van der Waals surface area contributed by atoms with Gasteiger partial charge in [-0.1, -0.05) is 32.1 Å². The molecule has 1 N–H and O–H groups in total. The van der Waals surface area contributed by atoms with Crippen molar-refractivity contribution in [2.24, 2.45) is 0 Å². The van der Waals surface area contributed by atoms with Gasteiger partial charge in [-0.15, -0.1) is 0 Å². The van der Waals surface area contributed by atoms with Crippen LogP contribution in [0.25, 0.3) is 0 Å². The first kappa shape index (κ1) is 16.5. The highest BCUT2D eigenvalue weighted by atomic mass is 19.1. The molecule has 22 heavy (non-hydrogen) atoms. The Morgan fingerprint density at radius 1 is 1.05 bits per heavy atom. The number of rotatable bonds is 4. The Bertz CT molecular complexity index is 493. The molecule has 1 amide bonds. The molecule has 0 unspecified atom stereocenters. The van der Waals surface area contributed by atoms with Crippen LogP contribution in [0.5, 0.6) is 0 Å². The number of carbonyl (C=O) groups is 2. The van der Waals surface area contributed by atoms with E-state index in [1.54, 1.807) is 0 Å². The predicted molar refractivity (Wildman–Crippen MR) is 80.9 cm³/mol. The molecule has 1 aliphatic rings. The maximum absolute atomic E-state index is 12.8. The third kappa shape index (κ3) is 5.47. The van der Waals surface area contributed by atoms with Gasteiger partial charge in [0.1, 0.15) is 5.82 Å². The van der Waals surface area contributed by atoms with Crippen molar-refractivity contribution in [1.29, 1.82) is 0 Å². The quantitative estimate of drug-likeness (QED) is 0.869. The van der Waals surface area contributed by atoms with Crippen molar-refractivity contribution in [2.75, 3.05) is 6.61 Å². The van der Waals surface area contributed by atoms with E-state index in [2.05, 4.69) is 5.32 Å². The highest BCUT2D eigenvalue weighted by molar-refractivity contribution is 5.91. The molecule has 1 saturated carbocycles. The predicted octanol–water partition coefficient (Wildman–Crippen LogP) is 3.21. The molecular weight excluding hydrogens is 285 g/mol. The smallest absolute Gasteiger partial charge is 0.338 e. The van der Waals surface area contributed by atoms with Crippen LogP contribution in [0.3, 0.4) is 0 Å². The number of esters is 1. The van der Waals surface area contributed by atoms with Crippen molar-refractivity contribution < 1.29 is 18.7 Å². The van der Waals surface area contributed by atoms with Crippen LogP contribution in [0.15, 0.2) is 24.3 Å². The lowest BCUT2D eigenvalue weighted by Crippen LogP contribution is -2.38. The van der Waals surface area contributed by atoms with Crippen molar-refractivity contribution in [3.8, 4) is 0 Å². The Balaban J connectivity index is 1.74. The monoisotopic (exact) mass is 307 g/mol. The minimum atomic E-state index is -0.618. The van der Waals surface area contributed by atoms with Gasteiger partial charge in [0.25, 0.3) is 5.91 Å². The highest BCUT2D eigenvalue weighted by Crippen LogP contribution is 2.17. The van der Waals surface area contributed by atoms with E-state index in [-0.39, 0.29) is 24.1 Å². The topological polar surface area (TPSA) is 55.4 Å². The van der Waals surface area contributed by atoms with Gasteiger partial charge in [-0.05, 0) is 37.1 Å². The SMILES string of the molecule is O=C(COC(=O)c1ccc(F)cc1)NC1CCCCCCC1. The molecule has 0 aromatic heterocycles. The van der Waals surface area contributed by atoms with Gasteiger partial charge in [0.2, 0.25) is 0 Å². The fourth-order valence-electron chi connectivity index (χ4n) is 2.67. The molecule has 1 aromatic rings. The Labute approximate surface area is 130 Å². The number of benzene rings is 1. The maximum Gasteiger partial charge on any atom is 0.338 e. The van der Waals surface area contributed by atoms with Crippen molar-refractivity contribution >= 4 is 11.9 Å². The van der Waals surface area contributed by atoms with Crippen molar-refractivity contribution in [3.05, 3.63) is 35.6 Å². The highest BCUT2D eigenvalue weighted by Gasteiger charge is 2.15. The zero-order valence-electron chi connectivity index (χ0n) is 12.6. The fraction of sp³-hybridized carbons (Fsp3) is 0.529. The van der Waals surface area contributed by atoms with Crippen LogP contribution in [0, 0.1) is 5.82 Å². The van der Waals surface area contributed by atoms with Gasteiger partial charge >= 0.3 is 5.97 Å². The van der Waals surface area contributed by atoms with E-state index >= 15 is 0 Å². The molecule has 1 fully saturated rings. The number of ether oxygens (including phenoxy) is 1. The molecule has 0 radical (unpaired) electrons. The summed E-state index contributed by atoms with van der Waals surface area (Å²) in [6, 6.07) is 5.22. The molecule has 4 nitrogen and oxygen atoms in total. The van der Waals surface area contributed by atoms with Gasteiger partial charge in [0, 0.05) is 6.04 Å². The number of carbonyl (C=O) groups excluding carboxylic acids is 2. The fourth-order valence-corrected chi connectivity index (χ4v) is 2.67. The van der Waals surface area contributed by atoms with E-state index in [1.807, 2.05) is 0 Å². The average Bonchev–Trinajstić information content (AvgIpc) is 2.48. The van der Waals surface area contributed by atoms with Gasteiger partial charge < -0.3 is 10.1 Å². The van der Waals surface area contributed by atoms with Crippen LogP contribution in [-0.4, -0.2) is 24.5 Å². The molecule has 0 aliphatic heterocycles. The first-order chi connectivity index (χ1) is 10.6. The number of amides is 1. The van der Waals surface area contributed by atoms with Crippen LogP contribution < -0.4 is 5.32 Å². The van der Waals surface area contributed by atoms with Crippen LogP contribution in [0.2, 0.25) is 0 Å². The minimum Gasteiger partial charge on any atom is -0.452 e. The first-order valence-electron chi connectivity index (χ1n) is 7.87. The zero-order chi connectivity index (χ0) is 15.8. The molecule has 1 aliphatic carbocycles. The third-order valence-electron chi connectivity index (χ3n) is 3.88. The number of hydrogen-bond donors (Lipinski definition) is 1. The van der Waals surface area contributed by atoms with Crippen molar-refractivity contribution in [3.63, 3.8) is 0 Å². The van der Waals surface area contributed by atoms with E-state index in [9.17, 15) is 14.0 Å².